The minimum absolute atomic E-state index is 0.00520. The Balaban J connectivity index is 1.74. The predicted octanol–water partition coefficient (Wildman–Crippen LogP) is 4.36. The molecule has 4 heterocycles. The van der Waals surface area contributed by atoms with Crippen molar-refractivity contribution in [3.8, 4) is 46.5 Å². The highest BCUT2D eigenvalue weighted by Crippen LogP contribution is 2.44. The first-order chi connectivity index (χ1) is 17.8. The maximum atomic E-state index is 15.4. The normalized spacial score (nSPS) is 10.9. The molecule has 0 aliphatic rings. The van der Waals surface area contributed by atoms with Gasteiger partial charge < -0.3 is 19.9 Å². The number of nitrogens with zero attached hydrogens (tertiary/aromatic N) is 7. The predicted molar refractivity (Wildman–Crippen MR) is 141 cm³/mol. The molecular weight excluding hydrogens is 471 g/mol. The van der Waals surface area contributed by atoms with E-state index in [4.69, 9.17) is 16.9 Å². The van der Waals surface area contributed by atoms with Gasteiger partial charge >= 0.3 is 6.01 Å². The molecule has 0 unspecified atom stereocenters. The zero-order valence-corrected chi connectivity index (χ0v) is 20.7. The second kappa shape index (κ2) is 9.20. The summed E-state index contributed by atoms with van der Waals surface area (Å²) in [5, 5.41) is 0.598. The molecule has 5 rings (SSSR count). The summed E-state index contributed by atoms with van der Waals surface area (Å²) >= 11 is 0. The van der Waals surface area contributed by atoms with Crippen molar-refractivity contribution >= 4 is 22.5 Å². The van der Waals surface area contributed by atoms with Crippen molar-refractivity contribution in [3.05, 3.63) is 66.3 Å². The van der Waals surface area contributed by atoms with Crippen LogP contribution in [0.4, 0.5) is 15.9 Å². The molecule has 0 fully saturated rings. The number of aromatic nitrogens is 6. The number of terminal acetylenes is 1. The number of halogens is 1. The molecule has 0 saturated carbocycles. The number of fused-ring (bicyclic) bond motifs is 1. The van der Waals surface area contributed by atoms with Gasteiger partial charge in [-0.3, -0.25) is 0 Å². The van der Waals surface area contributed by atoms with Crippen molar-refractivity contribution in [3.63, 3.8) is 0 Å². The molecule has 1 aromatic carbocycles. The standard InChI is InChI=1S/C27H23FN8O/c1-6-17-12-20(35(3)4)18(13-31-17)24-22(23-25(29)32-14-33-26(23)36(24)5)16-7-8-21(19(28)11-16)37-27-30-10-9-15(2)34-27/h1,7-14H,2-5H3,(H2,29,32,33). The molecule has 0 radical (unpaired) electrons. The zero-order valence-electron chi connectivity index (χ0n) is 20.7. The van der Waals surface area contributed by atoms with Gasteiger partial charge in [-0.15, -0.1) is 6.42 Å². The number of anilines is 2. The van der Waals surface area contributed by atoms with Crippen LogP contribution in [0.25, 0.3) is 33.4 Å². The highest BCUT2D eigenvalue weighted by molar-refractivity contribution is 6.08. The van der Waals surface area contributed by atoms with Gasteiger partial charge in [0.2, 0.25) is 0 Å². The first kappa shape index (κ1) is 23.7. The lowest BCUT2D eigenvalue weighted by atomic mass is 9.98. The summed E-state index contributed by atoms with van der Waals surface area (Å²) in [4.78, 5) is 23.2. The van der Waals surface area contributed by atoms with E-state index in [-0.39, 0.29) is 17.6 Å². The summed E-state index contributed by atoms with van der Waals surface area (Å²) < 4.78 is 22.9. The van der Waals surface area contributed by atoms with E-state index in [1.54, 1.807) is 31.5 Å². The van der Waals surface area contributed by atoms with Crippen LogP contribution >= 0.6 is 0 Å². The van der Waals surface area contributed by atoms with Gasteiger partial charge in [0.05, 0.1) is 11.1 Å². The molecule has 4 aromatic heterocycles. The Hall–Kier alpha value is -5.04. The summed E-state index contributed by atoms with van der Waals surface area (Å²) in [5.74, 6) is 2.25. The fourth-order valence-corrected chi connectivity index (χ4v) is 4.26. The molecule has 0 amide bonds. The molecule has 0 bridgehead atoms. The highest BCUT2D eigenvalue weighted by Gasteiger charge is 2.25. The average Bonchev–Trinajstić information content (AvgIpc) is 3.18. The number of benzene rings is 1. The summed E-state index contributed by atoms with van der Waals surface area (Å²) in [5.41, 5.74) is 11.7. The lowest BCUT2D eigenvalue weighted by Crippen LogP contribution is -2.12. The topological polar surface area (TPSA) is 108 Å². The number of rotatable bonds is 5. The summed E-state index contributed by atoms with van der Waals surface area (Å²) in [6.07, 6.45) is 10.3. The Labute approximate surface area is 212 Å². The minimum Gasteiger partial charge on any atom is -0.421 e. The third kappa shape index (κ3) is 4.16. The molecular formula is C27H23FN8O. The van der Waals surface area contributed by atoms with Crippen LogP contribution in [-0.2, 0) is 7.05 Å². The fraction of sp³-hybridized carbons (Fsp3) is 0.148. The van der Waals surface area contributed by atoms with Crippen LogP contribution < -0.4 is 15.4 Å². The first-order valence-electron chi connectivity index (χ1n) is 11.3. The Morgan fingerprint density at radius 1 is 1.11 bits per heavy atom. The van der Waals surface area contributed by atoms with Gasteiger partial charge in [-0.25, -0.2) is 29.3 Å². The maximum absolute atomic E-state index is 15.4. The van der Waals surface area contributed by atoms with E-state index in [2.05, 4.69) is 30.8 Å². The second-order valence-corrected chi connectivity index (χ2v) is 8.59. The Morgan fingerprint density at radius 3 is 2.62 bits per heavy atom. The quantitative estimate of drug-likeness (QED) is 0.359. The molecule has 5 aromatic rings. The molecule has 0 aliphatic heterocycles. The molecule has 10 heteroatoms. The van der Waals surface area contributed by atoms with Crippen LogP contribution in [0.5, 0.6) is 11.8 Å². The average molecular weight is 495 g/mol. The van der Waals surface area contributed by atoms with Gasteiger partial charge in [0.25, 0.3) is 0 Å². The second-order valence-electron chi connectivity index (χ2n) is 8.59. The van der Waals surface area contributed by atoms with Gasteiger partial charge in [0.1, 0.15) is 23.5 Å². The van der Waals surface area contributed by atoms with Crippen LogP contribution in [-0.4, -0.2) is 43.6 Å². The SMILES string of the molecule is C#Cc1cc(N(C)C)c(-c2c(-c3ccc(Oc4nccc(C)n4)c(F)c3)c3c(N)ncnc3n2C)cn1. The van der Waals surface area contributed by atoms with Crippen LogP contribution in [0.3, 0.4) is 0 Å². The van der Waals surface area contributed by atoms with Gasteiger partial charge in [0.15, 0.2) is 11.6 Å². The van der Waals surface area contributed by atoms with E-state index in [0.29, 0.717) is 33.5 Å². The molecule has 9 nitrogen and oxygen atoms in total. The number of hydrogen-bond donors (Lipinski definition) is 1. The van der Waals surface area contributed by atoms with Crippen molar-refractivity contribution in [2.45, 2.75) is 6.92 Å². The number of ether oxygens (including phenoxy) is 1. The first-order valence-corrected chi connectivity index (χ1v) is 11.3. The minimum atomic E-state index is -0.588. The zero-order chi connectivity index (χ0) is 26.3. The molecule has 37 heavy (non-hydrogen) atoms. The van der Waals surface area contributed by atoms with Gasteiger partial charge in [-0.05, 0) is 36.8 Å². The highest BCUT2D eigenvalue weighted by atomic mass is 19.1. The van der Waals surface area contributed by atoms with E-state index >= 15 is 4.39 Å². The van der Waals surface area contributed by atoms with E-state index in [1.165, 1.54) is 18.5 Å². The van der Waals surface area contributed by atoms with Gasteiger partial charge in [0, 0.05) is 56.0 Å². The summed E-state index contributed by atoms with van der Waals surface area (Å²) in [6.45, 7) is 1.80. The molecule has 184 valence electrons. The summed E-state index contributed by atoms with van der Waals surface area (Å²) in [6, 6.07) is 8.28. The van der Waals surface area contributed by atoms with Crippen molar-refractivity contribution in [1.82, 2.24) is 29.5 Å². The number of nitrogen functional groups attached to an aromatic ring is 1. The molecule has 0 spiro atoms. The van der Waals surface area contributed by atoms with Crippen molar-refractivity contribution in [2.24, 2.45) is 7.05 Å². The fourth-order valence-electron chi connectivity index (χ4n) is 4.26. The van der Waals surface area contributed by atoms with Crippen LogP contribution in [0.2, 0.25) is 0 Å². The Kier molecular flexibility index (Phi) is 5.89. The largest absolute Gasteiger partial charge is 0.421 e. The monoisotopic (exact) mass is 494 g/mol. The van der Waals surface area contributed by atoms with Crippen LogP contribution in [0.15, 0.2) is 49.1 Å². The van der Waals surface area contributed by atoms with E-state index in [9.17, 15) is 0 Å². The Morgan fingerprint density at radius 2 is 1.92 bits per heavy atom. The van der Waals surface area contributed by atoms with E-state index in [1.807, 2.05) is 36.7 Å². The molecule has 0 aliphatic carbocycles. The third-order valence-corrected chi connectivity index (χ3v) is 5.96. The van der Waals surface area contributed by atoms with Crippen LogP contribution in [0, 0.1) is 25.1 Å². The van der Waals surface area contributed by atoms with Crippen molar-refractivity contribution in [1.29, 1.82) is 0 Å². The third-order valence-electron chi connectivity index (χ3n) is 5.96. The number of aryl methyl sites for hydroxylation is 2. The Bertz CT molecular complexity index is 1700. The van der Waals surface area contributed by atoms with Gasteiger partial charge in [-0.2, -0.15) is 0 Å². The maximum Gasteiger partial charge on any atom is 0.322 e. The van der Waals surface area contributed by atoms with Crippen molar-refractivity contribution in [2.75, 3.05) is 24.7 Å². The number of pyridine rings is 1. The lowest BCUT2D eigenvalue weighted by molar-refractivity contribution is 0.410. The molecule has 2 N–H and O–H groups in total. The van der Waals surface area contributed by atoms with Crippen LogP contribution in [0.1, 0.15) is 11.4 Å². The molecule has 0 atom stereocenters. The number of nitrogens with two attached hydrogens (primary N) is 1. The number of hydrogen-bond acceptors (Lipinski definition) is 8. The van der Waals surface area contributed by atoms with Crippen molar-refractivity contribution < 1.29 is 9.13 Å². The molecule has 0 saturated heterocycles. The summed E-state index contributed by atoms with van der Waals surface area (Å²) in [7, 11) is 5.69. The smallest absolute Gasteiger partial charge is 0.322 e. The van der Waals surface area contributed by atoms with Gasteiger partial charge in [-0.1, -0.05) is 12.0 Å². The van der Waals surface area contributed by atoms with E-state index < -0.39 is 5.82 Å². The van der Waals surface area contributed by atoms with E-state index in [0.717, 1.165) is 16.9 Å². The lowest BCUT2D eigenvalue weighted by Gasteiger charge is -2.19.